The second-order valence-corrected chi connectivity index (χ2v) is 11.2. The molecule has 10 nitrogen and oxygen atoms in total. The van der Waals surface area contributed by atoms with Crippen LogP contribution in [0.2, 0.25) is 0 Å². The standard InChI is InChI=1S/C31H29F2N7O3S/c1-18-7-8-22-23(9-10-25(33)27(22)28(40-44(41)42)19-5-3-2-4-6-19)29(18)43-30-24(16-35-17-37-30)26-11-12-36-31(39-26)38-21-13-20(32)14-34-15-21/h2-12,16-17,20-21,28,34,40H,13-15H2,1H3,(H,41,42)(H,36,38,39)/t20-,21-,28?/m0/s1. The molecule has 1 fully saturated rings. The lowest BCUT2D eigenvalue weighted by Gasteiger charge is -2.26. The third-order valence-electron chi connectivity index (χ3n) is 7.41. The van der Waals surface area contributed by atoms with Gasteiger partial charge in [0.1, 0.15) is 24.1 Å². The van der Waals surface area contributed by atoms with E-state index >= 15 is 4.39 Å². The zero-order valence-corrected chi connectivity index (χ0v) is 24.4. The van der Waals surface area contributed by atoms with Crippen LogP contribution in [0.1, 0.15) is 29.2 Å². The fourth-order valence-corrected chi connectivity index (χ4v) is 5.84. The fraction of sp³-hybridized carbons (Fsp3) is 0.226. The van der Waals surface area contributed by atoms with Gasteiger partial charge in [-0.15, -0.1) is 0 Å². The van der Waals surface area contributed by atoms with Crippen LogP contribution in [0.3, 0.4) is 0 Å². The molecule has 2 unspecified atom stereocenters. The highest BCUT2D eigenvalue weighted by molar-refractivity contribution is 7.77. The number of rotatable bonds is 9. The van der Waals surface area contributed by atoms with Gasteiger partial charge in [-0.25, -0.2) is 37.6 Å². The lowest BCUT2D eigenvalue weighted by molar-refractivity contribution is 0.254. The number of hydrogen-bond donors (Lipinski definition) is 4. The van der Waals surface area contributed by atoms with Gasteiger partial charge in [-0.3, -0.25) is 4.55 Å². The molecule has 1 aliphatic heterocycles. The number of aryl methyl sites for hydroxylation is 1. The molecule has 5 aromatic rings. The molecule has 3 aromatic carbocycles. The smallest absolute Gasteiger partial charge is 0.232 e. The Morgan fingerprint density at radius 1 is 1.07 bits per heavy atom. The molecular weight excluding hydrogens is 588 g/mol. The number of aromatic nitrogens is 4. The predicted molar refractivity (Wildman–Crippen MR) is 164 cm³/mol. The second-order valence-electron chi connectivity index (χ2n) is 10.4. The van der Waals surface area contributed by atoms with Crippen LogP contribution in [0, 0.1) is 12.7 Å². The number of benzene rings is 3. The summed E-state index contributed by atoms with van der Waals surface area (Å²) in [5.41, 5.74) is 2.54. The molecule has 0 bridgehead atoms. The molecule has 4 atom stereocenters. The van der Waals surface area contributed by atoms with Crippen molar-refractivity contribution < 1.29 is 22.3 Å². The monoisotopic (exact) mass is 617 g/mol. The Hall–Kier alpha value is -4.43. The number of fused-ring (bicyclic) bond motifs is 1. The topological polar surface area (TPSA) is 134 Å². The number of hydrogen-bond acceptors (Lipinski definition) is 8. The van der Waals surface area contributed by atoms with Crippen LogP contribution < -0.4 is 20.1 Å². The summed E-state index contributed by atoms with van der Waals surface area (Å²) in [4.78, 5) is 17.5. The molecule has 6 rings (SSSR count). The molecule has 13 heteroatoms. The average Bonchev–Trinajstić information content (AvgIpc) is 3.02. The third kappa shape index (κ3) is 6.40. The summed E-state index contributed by atoms with van der Waals surface area (Å²) >= 11 is -2.42. The summed E-state index contributed by atoms with van der Waals surface area (Å²) in [5, 5.41) is 7.31. The number of piperidine rings is 1. The van der Waals surface area contributed by atoms with Crippen molar-refractivity contribution in [3.8, 4) is 22.9 Å². The summed E-state index contributed by atoms with van der Waals surface area (Å²) in [7, 11) is 0. The molecule has 0 saturated carbocycles. The quantitative estimate of drug-likeness (QED) is 0.164. The molecule has 44 heavy (non-hydrogen) atoms. The van der Waals surface area contributed by atoms with Gasteiger partial charge in [-0.05, 0) is 41.6 Å². The van der Waals surface area contributed by atoms with Gasteiger partial charge < -0.3 is 15.4 Å². The first-order chi connectivity index (χ1) is 21.4. The summed E-state index contributed by atoms with van der Waals surface area (Å²) < 4.78 is 60.1. The molecule has 1 aliphatic rings. The summed E-state index contributed by atoms with van der Waals surface area (Å²) in [6.07, 6.45) is 3.91. The predicted octanol–water partition coefficient (Wildman–Crippen LogP) is 5.25. The van der Waals surface area contributed by atoms with E-state index < -0.39 is 29.3 Å². The number of halogens is 2. The number of ether oxygens (including phenoxy) is 1. The minimum atomic E-state index is -2.42. The Bertz CT molecular complexity index is 1810. The van der Waals surface area contributed by atoms with Crippen LogP contribution in [0.4, 0.5) is 14.7 Å². The van der Waals surface area contributed by atoms with Crippen LogP contribution >= 0.6 is 0 Å². The van der Waals surface area contributed by atoms with Crippen molar-refractivity contribution in [2.75, 3.05) is 18.4 Å². The third-order valence-corrected chi connectivity index (χ3v) is 7.85. The summed E-state index contributed by atoms with van der Waals surface area (Å²) in [6, 6.07) is 16.0. The first kappa shape index (κ1) is 29.6. The number of nitrogens with one attached hydrogen (secondary N) is 3. The zero-order valence-electron chi connectivity index (χ0n) is 23.6. The van der Waals surface area contributed by atoms with E-state index in [1.165, 1.54) is 12.4 Å². The average molecular weight is 618 g/mol. The van der Waals surface area contributed by atoms with Crippen LogP contribution in [0.25, 0.3) is 22.0 Å². The highest BCUT2D eigenvalue weighted by Gasteiger charge is 2.25. The maximum Gasteiger partial charge on any atom is 0.232 e. The second kappa shape index (κ2) is 13.1. The Balaban J connectivity index is 1.39. The van der Waals surface area contributed by atoms with Crippen molar-refractivity contribution >= 4 is 28.0 Å². The van der Waals surface area contributed by atoms with E-state index in [0.29, 0.717) is 58.8 Å². The molecule has 1 saturated heterocycles. The first-order valence-corrected chi connectivity index (χ1v) is 15.0. The van der Waals surface area contributed by atoms with E-state index in [2.05, 4.69) is 35.3 Å². The molecule has 3 heterocycles. The maximum atomic E-state index is 15.6. The largest absolute Gasteiger partial charge is 0.437 e. The highest BCUT2D eigenvalue weighted by Crippen LogP contribution is 2.40. The minimum absolute atomic E-state index is 0.165. The van der Waals surface area contributed by atoms with Crippen LogP contribution in [0.15, 0.2) is 79.4 Å². The summed E-state index contributed by atoms with van der Waals surface area (Å²) in [6.45, 7) is 2.78. The van der Waals surface area contributed by atoms with Crippen molar-refractivity contribution in [3.63, 3.8) is 0 Å². The normalized spacial score (nSPS) is 18.1. The van der Waals surface area contributed by atoms with Crippen molar-refractivity contribution in [2.24, 2.45) is 0 Å². The van der Waals surface area contributed by atoms with Gasteiger partial charge in [0.2, 0.25) is 23.1 Å². The number of nitrogens with zero attached hydrogens (tertiary/aromatic N) is 4. The molecule has 0 spiro atoms. The lowest BCUT2D eigenvalue weighted by atomic mass is 9.92. The van der Waals surface area contributed by atoms with Crippen molar-refractivity contribution in [3.05, 3.63) is 102 Å². The van der Waals surface area contributed by atoms with E-state index in [9.17, 15) is 13.2 Å². The Morgan fingerprint density at radius 3 is 2.68 bits per heavy atom. The van der Waals surface area contributed by atoms with Crippen LogP contribution in [-0.4, -0.2) is 54.0 Å². The molecule has 2 aromatic heterocycles. The zero-order chi connectivity index (χ0) is 30.6. The van der Waals surface area contributed by atoms with Crippen LogP contribution in [-0.2, 0) is 11.3 Å². The Morgan fingerprint density at radius 2 is 1.89 bits per heavy atom. The molecule has 0 aliphatic carbocycles. The van der Waals surface area contributed by atoms with Crippen molar-refractivity contribution in [1.82, 2.24) is 30.0 Å². The fourth-order valence-electron chi connectivity index (χ4n) is 5.39. The van der Waals surface area contributed by atoms with Crippen molar-refractivity contribution in [1.29, 1.82) is 0 Å². The van der Waals surface area contributed by atoms with Gasteiger partial charge in [-0.2, -0.15) is 0 Å². The van der Waals surface area contributed by atoms with E-state index in [1.807, 2.05) is 13.0 Å². The Labute approximate surface area is 254 Å². The molecular formula is C31H29F2N7O3S. The van der Waals surface area contributed by atoms with Crippen molar-refractivity contribution in [2.45, 2.75) is 31.6 Å². The number of alkyl halides is 1. The highest BCUT2D eigenvalue weighted by atomic mass is 32.2. The molecule has 0 amide bonds. The van der Waals surface area contributed by atoms with E-state index in [0.717, 1.165) is 5.56 Å². The van der Waals surface area contributed by atoms with Gasteiger partial charge in [0.25, 0.3) is 0 Å². The number of anilines is 1. The van der Waals surface area contributed by atoms with Gasteiger partial charge in [0, 0.05) is 48.9 Å². The molecule has 0 radical (unpaired) electrons. The van der Waals surface area contributed by atoms with Gasteiger partial charge in [0.15, 0.2) is 0 Å². The van der Waals surface area contributed by atoms with E-state index in [4.69, 9.17) is 4.74 Å². The van der Waals surface area contributed by atoms with Gasteiger partial charge in [0.05, 0.1) is 17.3 Å². The first-order valence-electron chi connectivity index (χ1n) is 13.9. The summed E-state index contributed by atoms with van der Waals surface area (Å²) in [5.74, 6) is 0.425. The van der Waals surface area contributed by atoms with E-state index in [-0.39, 0.29) is 17.5 Å². The van der Waals surface area contributed by atoms with Gasteiger partial charge >= 0.3 is 0 Å². The Kier molecular flexibility index (Phi) is 8.79. The van der Waals surface area contributed by atoms with E-state index in [1.54, 1.807) is 60.9 Å². The molecule has 4 N–H and O–H groups in total. The molecule has 226 valence electrons. The van der Waals surface area contributed by atoms with Gasteiger partial charge in [-0.1, -0.05) is 42.5 Å². The van der Waals surface area contributed by atoms with Crippen LogP contribution in [0.5, 0.6) is 11.6 Å². The maximum absolute atomic E-state index is 15.6. The SMILES string of the molecule is Cc1ccc2c(C(NS(=O)O)c3ccccc3)c(F)ccc2c1Oc1ncncc1-c1ccnc(N[C@@H]2CNC[C@@H](F)C2)n1. The lowest BCUT2D eigenvalue weighted by Crippen LogP contribution is -2.44. The minimum Gasteiger partial charge on any atom is -0.437 e.